The van der Waals surface area contributed by atoms with Gasteiger partial charge in [-0.3, -0.25) is 9.59 Å². The topological polar surface area (TPSA) is 85.6 Å². The van der Waals surface area contributed by atoms with Crippen molar-refractivity contribution in [2.75, 3.05) is 11.9 Å². The molecule has 6 nitrogen and oxygen atoms in total. The van der Waals surface area contributed by atoms with Crippen LogP contribution in [-0.4, -0.2) is 24.8 Å². The van der Waals surface area contributed by atoms with Gasteiger partial charge in [0.1, 0.15) is 5.76 Å². The zero-order valence-electron chi connectivity index (χ0n) is 14.9. The Balaban J connectivity index is 1.57. The van der Waals surface area contributed by atoms with Crippen LogP contribution < -0.4 is 5.32 Å². The molecule has 0 bridgehead atoms. The van der Waals surface area contributed by atoms with Gasteiger partial charge in [0.25, 0.3) is 5.91 Å². The number of esters is 1. The molecular formula is C21H16INO5. The van der Waals surface area contributed by atoms with Gasteiger partial charge in [-0.15, -0.1) is 0 Å². The van der Waals surface area contributed by atoms with E-state index in [0.29, 0.717) is 23.3 Å². The van der Waals surface area contributed by atoms with Crippen LogP contribution in [0, 0.1) is 10.5 Å². The lowest BCUT2D eigenvalue weighted by molar-refractivity contribution is -0.119. The summed E-state index contributed by atoms with van der Waals surface area (Å²) in [6.45, 7) is 1.51. The predicted octanol–water partition coefficient (Wildman–Crippen LogP) is 4.47. The van der Waals surface area contributed by atoms with Gasteiger partial charge in [0.15, 0.2) is 18.7 Å². The third-order valence-electron chi connectivity index (χ3n) is 3.94. The van der Waals surface area contributed by atoms with E-state index in [9.17, 15) is 14.4 Å². The van der Waals surface area contributed by atoms with Crippen molar-refractivity contribution in [3.63, 3.8) is 0 Å². The van der Waals surface area contributed by atoms with Gasteiger partial charge in [-0.2, -0.15) is 0 Å². The fourth-order valence-electron chi connectivity index (χ4n) is 2.51. The standard InChI is InChI=1S/C21H16INO5/c1-13-10-16(22)6-8-18(13)23-20(25)12-27-21(26)15-4-2-14(3-5-15)19-9-7-17(11-24)28-19/h2-11H,12H2,1H3,(H,23,25). The smallest absolute Gasteiger partial charge is 0.338 e. The molecule has 0 aliphatic heterocycles. The molecule has 1 N–H and O–H groups in total. The van der Waals surface area contributed by atoms with Crippen LogP contribution in [0.1, 0.15) is 26.5 Å². The Labute approximate surface area is 175 Å². The van der Waals surface area contributed by atoms with Crippen LogP contribution >= 0.6 is 22.6 Å². The number of halogens is 1. The Kier molecular flexibility index (Phi) is 6.25. The number of anilines is 1. The highest BCUT2D eigenvalue weighted by Gasteiger charge is 2.12. The molecule has 0 unspecified atom stereocenters. The van der Waals surface area contributed by atoms with Gasteiger partial charge in [0.2, 0.25) is 0 Å². The number of aryl methyl sites for hydroxylation is 1. The molecule has 0 radical (unpaired) electrons. The van der Waals surface area contributed by atoms with Gasteiger partial charge in [0.05, 0.1) is 5.56 Å². The monoisotopic (exact) mass is 489 g/mol. The molecule has 0 atom stereocenters. The number of benzene rings is 2. The molecule has 1 aromatic heterocycles. The first-order valence-electron chi connectivity index (χ1n) is 8.35. The Morgan fingerprint density at radius 3 is 2.50 bits per heavy atom. The van der Waals surface area contributed by atoms with E-state index in [1.807, 2.05) is 19.1 Å². The maximum atomic E-state index is 12.1. The number of nitrogens with one attached hydrogen (secondary N) is 1. The molecule has 0 aliphatic rings. The maximum Gasteiger partial charge on any atom is 0.338 e. The first-order valence-corrected chi connectivity index (χ1v) is 9.43. The number of rotatable bonds is 6. The third kappa shape index (κ3) is 4.86. The summed E-state index contributed by atoms with van der Waals surface area (Å²) in [5.41, 5.74) is 2.64. The van der Waals surface area contributed by atoms with Crippen molar-refractivity contribution in [1.82, 2.24) is 0 Å². The molecule has 3 aromatic rings. The highest BCUT2D eigenvalue weighted by molar-refractivity contribution is 14.1. The van der Waals surface area contributed by atoms with E-state index in [0.717, 1.165) is 14.7 Å². The van der Waals surface area contributed by atoms with Gasteiger partial charge >= 0.3 is 5.97 Å². The molecule has 3 rings (SSSR count). The van der Waals surface area contributed by atoms with Crippen molar-refractivity contribution in [3.05, 3.63) is 75.1 Å². The lowest BCUT2D eigenvalue weighted by Crippen LogP contribution is -2.21. The van der Waals surface area contributed by atoms with Crippen molar-refractivity contribution in [3.8, 4) is 11.3 Å². The number of carbonyl (C=O) groups is 3. The minimum absolute atomic E-state index is 0.230. The van der Waals surface area contributed by atoms with E-state index >= 15 is 0 Å². The largest absolute Gasteiger partial charge is 0.453 e. The van der Waals surface area contributed by atoms with Gasteiger partial charge in [-0.05, 0) is 77.5 Å². The van der Waals surface area contributed by atoms with Crippen LogP contribution in [0.2, 0.25) is 0 Å². The lowest BCUT2D eigenvalue weighted by Gasteiger charge is -2.09. The third-order valence-corrected chi connectivity index (χ3v) is 4.62. The molecule has 142 valence electrons. The zero-order valence-corrected chi connectivity index (χ0v) is 17.1. The SMILES string of the molecule is Cc1cc(I)ccc1NC(=O)COC(=O)c1ccc(-c2ccc(C=O)o2)cc1. The molecule has 0 saturated heterocycles. The number of hydrogen-bond acceptors (Lipinski definition) is 5. The van der Waals surface area contributed by atoms with Crippen LogP contribution in [0.5, 0.6) is 0 Å². The Hall–Kier alpha value is -2.94. The summed E-state index contributed by atoms with van der Waals surface area (Å²) in [5, 5.41) is 2.72. The van der Waals surface area contributed by atoms with E-state index in [1.54, 1.807) is 42.5 Å². The number of furan rings is 1. The van der Waals surface area contributed by atoms with Crippen LogP contribution in [0.3, 0.4) is 0 Å². The fraction of sp³-hybridized carbons (Fsp3) is 0.0952. The highest BCUT2D eigenvalue weighted by Crippen LogP contribution is 2.22. The van der Waals surface area contributed by atoms with Gasteiger partial charge in [0, 0.05) is 14.8 Å². The van der Waals surface area contributed by atoms with Crippen molar-refractivity contribution in [2.45, 2.75) is 6.92 Å². The van der Waals surface area contributed by atoms with Crippen LogP contribution in [0.4, 0.5) is 5.69 Å². The molecule has 1 amide bonds. The molecule has 0 spiro atoms. The predicted molar refractivity (Wildman–Crippen MR) is 112 cm³/mol. The first-order chi connectivity index (χ1) is 13.5. The fourth-order valence-corrected chi connectivity index (χ4v) is 3.16. The molecule has 0 aliphatic carbocycles. The van der Waals surface area contributed by atoms with Gasteiger partial charge in [-0.25, -0.2) is 4.79 Å². The molecular weight excluding hydrogens is 473 g/mol. The van der Waals surface area contributed by atoms with E-state index in [4.69, 9.17) is 9.15 Å². The molecule has 7 heteroatoms. The number of amides is 1. The second-order valence-corrected chi connectivity index (χ2v) is 7.23. The van der Waals surface area contributed by atoms with Crippen molar-refractivity contribution in [1.29, 1.82) is 0 Å². The molecule has 1 heterocycles. The summed E-state index contributed by atoms with van der Waals surface area (Å²) in [5.74, 6) is -0.262. The number of aldehydes is 1. The first kappa shape index (κ1) is 19.8. The van der Waals surface area contributed by atoms with Crippen molar-refractivity contribution < 1.29 is 23.5 Å². The summed E-state index contributed by atoms with van der Waals surface area (Å²) in [6.07, 6.45) is 0.623. The van der Waals surface area contributed by atoms with E-state index in [-0.39, 0.29) is 12.4 Å². The summed E-state index contributed by atoms with van der Waals surface area (Å²) in [7, 11) is 0. The van der Waals surface area contributed by atoms with Gasteiger partial charge in [-0.1, -0.05) is 12.1 Å². The van der Waals surface area contributed by atoms with E-state index in [1.165, 1.54) is 0 Å². The summed E-state index contributed by atoms with van der Waals surface area (Å²) < 4.78 is 11.5. The molecule has 2 aromatic carbocycles. The normalized spacial score (nSPS) is 10.4. The quantitative estimate of drug-likeness (QED) is 0.314. The van der Waals surface area contributed by atoms with Crippen LogP contribution in [-0.2, 0) is 9.53 Å². The van der Waals surface area contributed by atoms with Crippen molar-refractivity contribution in [2.24, 2.45) is 0 Å². The number of hydrogen-bond donors (Lipinski definition) is 1. The zero-order chi connectivity index (χ0) is 20.1. The second-order valence-electron chi connectivity index (χ2n) is 5.98. The van der Waals surface area contributed by atoms with E-state index in [2.05, 4.69) is 27.9 Å². The summed E-state index contributed by atoms with van der Waals surface area (Å²) >= 11 is 2.19. The second kappa shape index (κ2) is 8.83. The Morgan fingerprint density at radius 1 is 1.11 bits per heavy atom. The van der Waals surface area contributed by atoms with Crippen LogP contribution in [0.15, 0.2) is 59.0 Å². The number of carbonyl (C=O) groups excluding carboxylic acids is 3. The van der Waals surface area contributed by atoms with Crippen molar-refractivity contribution >= 4 is 46.4 Å². The van der Waals surface area contributed by atoms with Gasteiger partial charge < -0.3 is 14.5 Å². The molecule has 0 saturated carbocycles. The Bertz CT molecular complexity index is 1020. The number of ether oxygens (including phenoxy) is 1. The lowest BCUT2D eigenvalue weighted by atomic mass is 10.1. The molecule has 28 heavy (non-hydrogen) atoms. The average Bonchev–Trinajstić information content (AvgIpc) is 3.18. The van der Waals surface area contributed by atoms with E-state index < -0.39 is 11.9 Å². The minimum Gasteiger partial charge on any atom is -0.453 e. The summed E-state index contributed by atoms with van der Waals surface area (Å²) in [4.78, 5) is 34.8. The summed E-state index contributed by atoms with van der Waals surface area (Å²) in [6, 6.07) is 15.4. The highest BCUT2D eigenvalue weighted by atomic mass is 127. The molecule has 0 fully saturated rings. The average molecular weight is 489 g/mol. The minimum atomic E-state index is -0.603. The Morgan fingerprint density at radius 2 is 1.86 bits per heavy atom. The van der Waals surface area contributed by atoms with Crippen LogP contribution in [0.25, 0.3) is 11.3 Å². The maximum absolute atomic E-state index is 12.1.